The molecule has 172 valence electrons. The lowest BCUT2D eigenvalue weighted by atomic mass is 9.93. The van der Waals surface area contributed by atoms with Gasteiger partial charge in [0.05, 0.1) is 24.4 Å². The van der Waals surface area contributed by atoms with E-state index in [-0.39, 0.29) is 11.9 Å². The second-order valence-electron chi connectivity index (χ2n) is 8.47. The van der Waals surface area contributed by atoms with E-state index in [1.54, 1.807) is 16.7 Å². The van der Waals surface area contributed by atoms with Crippen molar-refractivity contribution in [2.45, 2.75) is 25.8 Å². The molecule has 1 amide bonds. The molecule has 0 saturated heterocycles. The molecule has 2 aromatic carbocycles. The van der Waals surface area contributed by atoms with E-state index >= 15 is 0 Å². The number of fused-ring (bicyclic) bond motifs is 1. The number of carbonyl (C=O) groups is 1. The van der Waals surface area contributed by atoms with Crippen LogP contribution >= 0.6 is 0 Å². The molecule has 1 atom stereocenters. The van der Waals surface area contributed by atoms with Gasteiger partial charge in [0.1, 0.15) is 0 Å². The van der Waals surface area contributed by atoms with Crippen molar-refractivity contribution in [3.63, 3.8) is 0 Å². The van der Waals surface area contributed by atoms with Crippen LogP contribution in [0.15, 0.2) is 60.6 Å². The van der Waals surface area contributed by atoms with Crippen LogP contribution in [-0.4, -0.2) is 34.3 Å². The number of hydrogen-bond donors (Lipinski definition) is 4. The minimum Gasteiger partial charge on any atom is -0.401 e. The number of carbonyl (C=O) groups excluding carboxylic acids is 1. The highest BCUT2D eigenvalue weighted by molar-refractivity contribution is 5.78. The lowest BCUT2D eigenvalue weighted by Gasteiger charge is -2.22. The number of allylic oxidation sites excluding steroid dienone is 1. The fourth-order valence-electron chi connectivity index (χ4n) is 4.34. The molecule has 0 aliphatic carbocycles. The summed E-state index contributed by atoms with van der Waals surface area (Å²) in [6.45, 7) is 2.53. The topological polar surface area (TPSA) is 114 Å². The second kappa shape index (κ2) is 9.38. The van der Waals surface area contributed by atoms with Crippen molar-refractivity contribution in [3.8, 4) is 11.1 Å². The molecule has 8 heteroatoms. The number of nitrogens with one attached hydrogen (secondary N) is 2. The molecule has 0 bridgehead atoms. The van der Waals surface area contributed by atoms with E-state index in [1.165, 1.54) is 0 Å². The average molecular weight is 446 g/mol. The smallest absolute Gasteiger partial charge is 0.224 e. The summed E-state index contributed by atoms with van der Waals surface area (Å²) in [6, 6.07) is 14.3. The lowest BCUT2D eigenvalue weighted by molar-refractivity contribution is -0.119. The molecule has 4 rings (SSSR count). The summed E-state index contributed by atoms with van der Waals surface area (Å²) < 4.78 is 1.80. The van der Waals surface area contributed by atoms with Gasteiger partial charge in [0, 0.05) is 49.3 Å². The van der Waals surface area contributed by atoms with Crippen molar-refractivity contribution in [1.82, 2.24) is 20.1 Å². The Morgan fingerprint density at radius 3 is 2.73 bits per heavy atom. The van der Waals surface area contributed by atoms with Gasteiger partial charge in [0.25, 0.3) is 0 Å². The van der Waals surface area contributed by atoms with Crippen molar-refractivity contribution in [2.75, 3.05) is 18.9 Å². The highest BCUT2D eigenvalue weighted by Crippen LogP contribution is 2.37. The number of benzene rings is 2. The van der Waals surface area contributed by atoms with Crippen molar-refractivity contribution in [1.29, 1.82) is 0 Å². The van der Waals surface area contributed by atoms with Crippen LogP contribution in [0.1, 0.15) is 36.1 Å². The normalized spacial score (nSPS) is 17.2. The van der Waals surface area contributed by atoms with Gasteiger partial charge in [0.15, 0.2) is 0 Å². The summed E-state index contributed by atoms with van der Waals surface area (Å²) >= 11 is 0. The van der Waals surface area contributed by atoms with Crippen LogP contribution in [0, 0.1) is 0 Å². The third kappa shape index (κ3) is 4.85. The Hall–Kier alpha value is -3.78. The number of hydrogen-bond acceptors (Lipinski definition) is 6. The summed E-state index contributed by atoms with van der Waals surface area (Å²) in [7, 11) is 3.56. The number of anilines is 1. The van der Waals surface area contributed by atoms with Crippen LogP contribution in [0.3, 0.4) is 0 Å². The highest BCUT2D eigenvalue weighted by Gasteiger charge is 2.26. The van der Waals surface area contributed by atoms with Gasteiger partial charge in [-0.15, -0.1) is 0 Å². The zero-order valence-corrected chi connectivity index (χ0v) is 19.3. The van der Waals surface area contributed by atoms with E-state index in [0.717, 1.165) is 45.6 Å². The molecule has 0 fully saturated rings. The Morgan fingerprint density at radius 1 is 1.21 bits per heavy atom. The van der Waals surface area contributed by atoms with Gasteiger partial charge in [-0.25, -0.2) is 5.84 Å². The zero-order chi connectivity index (χ0) is 23.5. The minimum atomic E-state index is -0.0138. The molecule has 8 nitrogen and oxygen atoms in total. The third-order valence-electron chi connectivity index (χ3n) is 5.95. The van der Waals surface area contributed by atoms with Gasteiger partial charge in [-0.1, -0.05) is 24.3 Å². The Balaban J connectivity index is 1.75. The summed E-state index contributed by atoms with van der Waals surface area (Å²) in [5, 5.41) is 12.4. The molecule has 2 heterocycles. The van der Waals surface area contributed by atoms with Crippen LogP contribution in [0.2, 0.25) is 0 Å². The molecule has 3 aromatic rings. The number of aromatic nitrogens is 2. The van der Waals surface area contributed by atoms with Gasteiger partial charge in [0.2, 0.25) is 5.91 Å². The maximum absolute atomic E-state index is 11.8. The molecule has 1 unspecified atom stereocenters. The first-order valence-electron chi connectivity index (χ1n) is 11.0. The van der Waals surface area contributed by atoms with Crippen LogP contribution in [0.4, 0.5) is 5.69 Å². The number of hydrazine groups is 1. The van der Waals surface area contributed by atoms with Gasteiger partial charge in [-0.05, 0) is 48.2 Å². The lowest BCUT2D eigenvalue weighted by Crippen LogP contribution is -2.31. The van der Waals surface area contributed by atoms with Crippen molar-refractivity contribution in [2.24, 2.45) is 18.6 Å². The first-order chi connectivity index (χ1) is 15.9. The van der Waals surface area contributed by atoms with E-state index in [0.29, 0.717) is 18.7 Å². The van der Waals surface area contributed by atoms with Crippen LogP contribution in [0.25, 0.3) is 16.8 Å². The maximum atomic E-state index is 11.8. The minimum absolute atomic E-state index is 0.00905. The van der Waals surface area contributed by atoms with E-state index in [2.05, 4.69) is 33.9 Å². The van der Waals surface area contributed by atoms with E-state index in [4.69, 9.17) is 11.6 Å². The summed E-state index contributed by atoms with van der Waals surface area (Å²) in [5.41, 5.74) is 14.0. The number of nitrogens with two attached hydrogens (primary N) is 2. The quantitative estimate of drug-likeness (QED) is 0.449. The van der Waals surface area contributed by atoms with Gasteiger partial charge >= 0.3 is 0 Å². The Labute approximate surface area is 194 Å². The maximum Gasteiger partial charge on any atom is 0.224 e. The zero-order valence-electron chi connectivity index (χ0n) is 19.3. The predicted molar refractivity (Wildman–Crippen MR) is 132 cm³/mol. The molecule has 33 heavy (non-hydrogen) atoms. The van der Waals surface area contributed by atoms with Crippen LogP contribution < -0.4 is 22.2 Å². The van der Waals surface area contributed by atoms with Gasteiger partial charge < -0.3 is 21.4 Å². The third-order valence-corrected chi connectivity index (χ3v) is 5.95. The molecular weight excluding hydrogens is 414 g/mol. The fraction of sp³-hybridized carbons (Fsp3) is 0.280. The standard InChI is InChI=1S/C25H31N7O/c1-16(26)25-21-8-7-18(19-14-29-31(3)15-19)13-22(21)23(9-10-32(25)27)30-20-6-4-5-17(11-20)12-24(33)28-2/h4-8,11,13-15,23,30H,9-10,12,26-27H2,1-3H3,(H,28,33)/b25-16-. The van der Waals surface area contributed by atoms with Crippen LogP contribution in [-0.2, 0) is 18.3 Å². The first-order valence-corrected chi connectivity index (χ1v) is 11.0. The van der Waals surface area contributed by atoms with Crippen molar-refractivity contribution >= 4 is 17.3 Å². The number of amides is 1. The van der Waals surface area contributed by atoms with Gasteiger partial charge in [-0.2, -0.15) is 5.10 Å². The number of likely N-dealkylation sites (N-methyl/N-ethyl adjacent to an activating group) is 1. The van der Waals surface area contributed by atoms with E-state index < -0.39 is 0 Å². The Morgan fingerprint density at radius 2 is 2.03 bits per heavy atom. The van der Waals surface area contributed by atoms with E-state index in [9.17, 15) is 4.79 Å². The molecular formula is C25H31N7O. The second-order valence-corrected chi connectivity index (χ2v) is 8.47. The summed E-state index contributed by atoms with van der Waals surface area (Å²) in [4.78, 5) is 11.8. The fourth-order valence-corrected chi connectivity index (χ4v) is 4.34. The molecule has 0 spiro atoms. The number of rotatable bonds is 5. The van der Waals surface area contributed by atoms with Crippen molar-refractivity contribution < 1.29 is 4.79 Å². The highest BCUT2D eigenvalue weighted by atomic mass is 16.1. The summed E-state index contributed by atoms with van der Waals surface area (Å²) in [5.74, 6) is 6.39. The van der Waals surface area contributed by atoms with Crippen molar-refractivity contribution in [3.05, 3.63) is 77.2 Å². The Kier molecular flexibility index (Phi) is 6.37. The molecule has 0 saturated carbocycles. The molecule has 1 aliphatic rings. The SMILES string of the molecule is CNC(=O)Cc1cccc(NC2CCN(N)/C(=C(/C)N)c3ccc(-c4cnn(C)c4)cc32)c1. The molecule has 0 radical (unpaired) electrons. The number of nitrogens with zero attached hydrogens (tertiary/aromatic N) is 3. The molecule has 1 aliphatic heterocycles. The predicted octanol–water partition coefficient (Wildman–Crippen LogP) is 2.76. The number of aryl methyl sites for hydroxylation is 1. The largest absolute Gasteiger partial charge is 0.401 e. The van der Waals surface area contributed by atoms with Crippen LogP contribution in [0.5, 0.6) is 0 Å². The molecule has 1 aromatic heterocycles. The Bertz CT molecular complexity index is 1190. The summed E-state index contributed by atoms with van der Waals surface area (Å²) in [6.07, 6.45) is 5.00. The van der Waals surface area contributed by atoms with Gasteiger partial charge in [-0.3, -0.25) is 9.48 Å². The molecule has 6 N–H and O–H groups in total. The monoisotopic (exact) mass is 445 g/mol. The average Bonchev–Trinajstić information content (AvgIpc) is 3.17. The first kappa shape index (κ1) is 22.4. The van der Waals surface area contributed by atoms with E-state index in [1.807, 2.05) is 50.6 Å².